The Morgan fingerprint density at radius 2 is 1.62 bits per heavy atom. The van der Waals surface area contributed by atoms with Crippen molar-refractivity contribution in [1.29, 1.82) is 0 Å². The van der Waals surface area contributed by atoms with Crippen molar-refractivity contribution in [3.05, 3.63) is 84.4 Å². The van der Waals surface area contributed by atoms with E-state index in [4.69, 9.17) is 4.74 Å². The van der Waals surface area contributed by atoms with Crippen LogP contribution in [0.25, 0.3) is 5.65 Å². The molecule has 0 unspecified atom stereocenters. The Balaban J connectivity index is 1.56. The standard InChI is InChI=1S/C20H15FN4O/c1-14-20(25-13-15(21)7-12-19(25)22-14)24-23-16-8-10-18(11-9-16)26-17-5-3-2-4-6-17/h2-13H,1H3. The number of para-hydroxylation sites is 1. The Morgan fingerprint density at radius 3 is 2.38 bits per heavy atom. The van der Waals surface area contributed by atoms with E-state index in [0.717, 1.165) is 5.75 Å². The number of ether oxygens (including phenoxy) is 1. The van der Waals surface area contributed by atoms with Crippen LogP contribution >= 0.6 is 0 Å². The van der Waals surface area contributed by atoms with Gasteiger partial charge >= 0.3 is 0 Å². The number of aromatic nitrogens is 2. The molecule has 5 nitrogen and oxygen atoms in total. The van der Waals surface area contributed by atoms with Gasteiger partial charge in [-0.2, -0.15) is 0 Å². The molecule has 4 aromatic rings. The molecule has 2 heterocycles. The maximum Gasteiger partial charge on any atom is 0.182 e. The van der Waals surface area contributed by atoms with Gasteiger partial charge in [-0.15, -0.1) is 10.2 Å². The van der Waals surface area contributed by atoms with Crippen LogP contribution in [0.2, 0.25) is 0 Å². The average molecular weight is 346 g/mol. The van der Waals surface area contributed by atoms with E-state index in [0.29, 0.717) is 28.6 Å². The lowest BCUT2D eigenvalue weighted by atomic mass is 10.3. The lowest BCUT2D eigenvalue weighted by Gasteiger charge is -2.04. The summed E-state index contributed by atoms with van der Waals surface area (Å²) in [5.41, 5.74) is 1.98. The van der Waals surface area contributed by atoms with E-state index in [-0.39, 0.29) is 5.82 Å². The van der Waals surface area contributed by atoms with Crippen LogP contribution in [-0.2, 0) is 0 Å². The first kappa shape index (κ1) is 16.0. The topological polar surface area (TPSA) is 51.2 Å². The summed E-state index contributed by atoms with van der Waals surface area (Å²) in [6.07, 6.45) is 1.35. The van der Waals surface area contributed by atoms with Crippen LogP contribution in [0, 0.1) is 12.7 Å². The highest BCUT2D eigenvalue weighted by Crippen LogP contribution is 2.26. The molecule has 0 aliphatic carbocycles. The zero-order chi connectivity index (χ0) is 17.9. The summed E-state index contributed by atoms with van der Waals surface area (Å²) in [6.45, 7) is 1.82. The number of hydrogen-bond donors (Lipinski definition) is 0. The van der Waals surface area contributed by atoms with Crippen molar-refractivity contribution >= 4 is 17.2 Å². The van der Waals surface area contributed by atoms with Gasteiger partial charge in [0.25, 0.3) is 0 Å². The van der Waals surface area contributed by atoms with Crippen molar-refractivity contribution in [1.82, 2.24) is 9.38 Å². The summed E-state index contributed by atoms with van der Waals surface area (Å²) in [6, 6.07) is 19.8. The lowest BCUT2D eigenvalue weighted by molar-refractivity contribution is 0.483. The molecule has 0 aliphatic heterocycles. The van der Waals surface area contributed by atoms with Gasteiger partial charge in [0, 0.05) is 6.20 Å². The molecule has 0 amide bonds. The largest absolute Gasteiger partial charge is 0.457 e. The third-order valence-corrected chi connectivity index (χ3v) is 3.80. The first-order valence-corrected chi connectivity index (χ1v) is 8.08. The van der Waals surface area contributed by atoms with E-state index in [2.05, 4.69) is 15.2 Å². The van der Waals surface area contributed by atoms with Crippen molar-refractivity contribution in [2.45, 2.75) is 6.92 Å². The second kappa shape index (κ2) is 6.76. The predicted octanol–water partition coefficient (Wildman–Crippen LogP) is 5.99. The Kier molecular flexibility index (Phi) is 4.15. The molecule has 0 spiro atoms. The van der Waals surface area contributed by atoms with E-state index >= 15 is 0 Å². The van der Waals surface area contributed by atoms with Gasteiger partial charge in [0.05, 0.1) is 11.4 Å². The fourth-order valence-electron chi connectivity index (χ4n) is 2.55. The van der Waals surface area contributed by atoms with Gasteiger partial charge in [-0.3, -0.25) is 4.40 Å². The van der Waals surface area contributed by atoms with Crippen LogP contribution in [-0.4, -0.2) is 9.38 Å². The molecule has 0 bridgehead atoms. The number of aryl methyl sites for hydroxylation is 1. The summed E-state index contributed by atoms with van der Waals surface area (Å²) in [5.74, 6) is 1.63. The normalized spacial score (nSPS) is 11.3. The zero-order valence-electron chi connectivity index (χ0n) is 14.0. The Labute approximate surface area is 149 Å². The van der Waals surface area contributed by atoms with Crippen LogP contribution in [0.3, 0.4) is 0 Å². The van der Waals surface area contributed by atoms with E-state index in [9.17, 15) is 4.39 Å². The highest BCUT2D eigenvalue weighted by atomic mass is 19.1. The molecular formula is C20H15FN4O. The molecule has 0 atom stereocenters. The Morgan fingerprint density at radius 1 is 0.885 bits per heavy atom. The average Bonchev–Trinajstić information content (AvgIpc) is 2.96. The van der Waals surface area contributed by atoms with Gasteiger partial charge in [0.2, 0.25) is 0 Å². The first-order chi connectivity index (χ1) is 12.7. The first-order valence-electron chi connectivity index (χ1n) is 8.08. The maximum atomic E-state index is 13.5. The highest BCUT2D eigenvalue weighted by molar-refractivity contribution is 5.52. The molecule has 0 saturated heterocycles. The zero-order valence-corrected chi connectivity index (χ0v) is 14.0. The van der Waals surface area contributed by atoms with Crippen molar-refractivity contribution in [2.75, 3.05) is 0 Å². The van der Waals surface area contributed by atoms with Crippen LogP contribution in [0.5, 0.6) is 11.5 Å². The molecule has 0 fully saturated rings. The summed E-state index contributed by atoms with van der Waals surface area (Å²) in [7, 11) is 0. The van der Waals surface area contributed by atoms with Gasteiger partial charge in [-0.25, -0.2) is 9.37 Å². The SMILES string of the molecule is Cc1nc2ccc(F)cn2c1N=Nc1ccc(Oc2ccccc2)cc1. The summed E-state index contributed by atoms with van der Waals surface area (Å²) >= 11 is 0. The smallest absolute Gasteiger partial charge is 0.182 e. The van der Waals surface area contributed by atoms with Crippen molar-refractivity contribution in [3.8, 4) is 11.5 Å². The summed E-state index contributed by atoms with van der Waals surface area (Å²) in [5, 5.41) is 8.46. The van der Waals surface area contributed by atoms with E-state index in [1.807, 2.05) is 49.4 Å². The number of nitrogens with zero attached hydrogens (tertiary/aromatic N) is 4. The number of pyridine rings is 1. The number of halogens is 1. The van der Waals surface area contributed by atoms with Crippen LogP contribution in [0.1, 0.15) is 5.69 Å². The molecule has 4 rings (SSSR count). The number of benzene rings is 2. The van der Waals surface area contributed by atoms with Crippen LogP contribution < -0.4 is 4.74 Å². The maximum absolute atomic E-state index is 13.5. The third kappa shape index (κ3) is 3.30. The number of hydrogen-bond acceptors (Lipinski definition) is 4. The molecule has 26 heavy (non-hydrogen) atoms. The molecule has 0 saturated carbocycles. The lowest BCUT2D eigenvalue weighted by Crippen LogP contribution is -1.85. The minimum atomic E-state index is -0.353. The molecular weight excluding hydrogens is 331 g/mol. The van der Waals surface area contributed by atoms with E-state index < -0.39 is 0 Å². The van der Waals surface area contributed by atoms with Gasteiger partial charge in [-0.05, 0) is 55.5 Å². The Bertz CT molecular complexity index is 1070. The number of azo groups is 1. The van der Waals surface area contributed by atoms with Crippen molar-refractivity contribution in [2.24, 2.45) is 10.2 Å². The monoisotopic (exact) mass is 346 g/mol. The molecule has 2 aromatic heterocycles. The second-order valence-corrected chi connectivity index (χ2v) is 5.71. The number of rotatable bonds is 4. The van der Waals surface area contributed by atoms with Crippen LogP contribution in [0.15, 0.2) is 83.2 Å². The van der Waals surface area contributed by atoms with Crippen molar-refractivity contribution in [3.63, 3.8) is 0 Å². The minimum absolute atomic E-state index is 0.353. The number of imidazole rings is 1. The van der Waals surface area contributed by atoms with Gasteiger partial charge in [0.15, 0.2) is 5.82 Å². The quantitative estimate of drug-likeness (QED) is 0.426. The highest BCUT2D eigenvalue weighted by Gasteiger charge is 2.08. The fourth-order valence-corrected chi connectivity index (χ4v) is 2.55. The Hall–Kier alpha value is -3.54. The minimum Gasteiger partial charge on any atom is -0.457 e. The van der Waals surface area contributed by atoms with Gasteiger partial charge < -0.3 is 4.74 Å². The molecule has 0 aliphatic rings. The number of fused-ring (bicyclic) bond motifs is 1. The summed E-state index contributed by atoms with van der Waals surface area (Å²) in [4.78, 5) is 4.35. The van der Waals surface area contributed by atoms with Crippen molar-refractivity contribution < 1.29 is 9.13 Å². The molecule has 2 aromatic carbocycles. The molecule has 0 N–H and O–H groups in total. The summed E-state index contributed by atoms with van der Waals surface area (Å²) < 4.78 is 20.8. The molecule has 128 valence electrons. The second-order valence-electron chi connectivity index (χ2n) is 5.71. The van der Waals surface area contributed by atoms with E-state index in [1.165, 1.54) is 12.3 Å². The van der Waals surface area contributed by atoms with Gasteiger partial charge in [0.1, 0.15) is 23.0 Å². The fraction of sp³-hybridized carbons (Fsp3) is 0.0500. The predicted molar refractivity (Wildman–Crippen MR) is 97.0 cm³/mol. The van der Waals surface area contributed by atoms with Gasteiger partial charge in [-0.1, -0.05) is 18.2 Å². The third-order valence-electron chi connectivity index (χ3n) is 3.80. The van der Waals surface area contributed by atoms with Crippen LogP contribution in [0.4, 0.5) is 15.9 Å². The molecule has 6 heteroatoms. The molecule has 0 radical (unpaired) electrons. The van der Waals surface area contributed by atoms with E-state index in [1.54, 1.807) is 22.6 Å².